The van der Waals surface area contributed by atoms with E-state index in [4.69, 9.17) is 40.9 Å². The van der Waals surface area contributed by atoms with E-state index in [-0.39, 0.29) is 42.5 Å². The second kappa shape index (κ2) is 10.1. The summed E-state index contributed by atoms with van der Waals surface area (Å²) in [4.78, 5) is 40.7. The molecule has 2 aromatic rings. The second-order valence-corrected chi connectivity index (χ2v) is 9.62. The van der Waals surface area contributed by atoms with Crippen molar-refractivity contribution >= 4 is 60.0 Å². The van der Waals surface area contributed by atoms with E-state index in [1.807, 2.05) is 0 Å². The Kier molecular flexibility index (Phi) is 6.98. The molecule has 5 rings (SSSR count). The van der Waals surface area contributed by atoms with Crippen LogP contribution in [0.15, 0.2) is 30.3 Å². The molecule has 8 nitrogen and oxygen atoms in total. The van der Waals surface area contributed by atoms with Gasteiger partial charge in [-0.15, -0.1) is 0 Å². The minimum absolute atomic E-state index is 0.107. The Hall–Kier alpha value is -2.97. The van der Waals surface area contributed by atoms with Gasteiger partial charge in [-0.3, -0.25) is 24.6 Å². The van der Waals surface area contributed by atoms with E-state index in [1.165, 1.54) is 4.90 Å². The quantitative estimate of drug-likeness (QED) is 0.389. The molecule has 3 heterocycles. The molecule has 8 radical (unpaired) electrons. The number of hydrogen-bond donors (Lipinski definition) is 1. The Balaban J connectivity index is 1.37. The van der Waals surface area contributed by atoms with Crippen molar-refractivity contribution < 1.29 is 23.9 Å². The summed E-state index contributed by atoms with van der Waals surface area (Å²) in [7, 11) is 25.5. The Morgan fingerprint density at radius 2 is 1.78 bits per heavy atom. The van der Waals surface area contributed by atoms with Gasteiger partial charge in [-0.1, -0.05) is 29.1 Å². The summed E-state index contributed by atoms with van der Waals surface area (Å²) in [5, 5.41) is 0.394. The van der Waals surface area contributed by atoms with Crippen LogP contribution >= 0.6 is 0 Å². The van der Waals surface area contributed by atoms with E-state index in [0.717, 1.165) is 18.7 Å². The second-order valence-electron chi connectivity index (χ2n) is 9.62. The maximum atomic E-state index is 13.1. The van der Waals surface area contributed by atoms with Crippen LogP contribution in [0.1, 0.15) is 39.9 Å². The number of fused-ring (bicyclic) bond motifs is 1. The summed E-state index contributed by atoms with van der Waals surface area (Å²) < 4.78 is 11.4. The maximum absolute atomic E-state index is 13.1. The Morgan fingerprint density at radius 3 is 2.46 bits per heavy atom. The van der Waals surface area contributed by atoms with Crippen molar-refractivity contribution in [3.8, 4) is 5.75 Å². The van der Waals surface area contributed by atoms with Crippen molar-refractivity contribution in [2.24, 2.45) is 0 Å². The SMILES string of the molecule is [B]c1cc(CN2CCOCC2)cc([B])c1C([B])([B])Oc1cccc2c1CN(C1CCC(=O)NC1=O)C2=O. The minimum atomic E-state index is -1.90. The molecule has 3 aliphatic rings. The van der Waals surface area contributed by atoms with Gasteiger partial charge < -0.3 is 14.4 Å². The summed E-state index contributed by atoms with van der Waals surface area (Å²) in [6.07, 6.45) is 0.414. The third-order valence-electron chi connectivity index (χ3n) is 6.98. The lowest BCUT2D eigenvalue weighted by Gasteiger charge is -2.34. The van der Waals surface area contributed by atoms with Gasteiger partial charge in [0.05, 0.1) is 19.8 Å². The highest BCUT2D eigenvalue weighted by molar-refractivity contribution is 6.47. The molecule has 1 N–H and O–H groups in total. The first kappa shape index (κ1) is 25.7. The highest BCUT2D eigenvalue weighted by Gasteiger charge is 2.40. The van der Waals surface area contributed by atoms with E-state index in [1.54, 1.807) is 30.3 Å². The number of ether oxygens (including phenoxy) is 2. The first-order valence-electron chi connectivity index (χ1n) is 12.2. The smallest absolute Gasteiger partial charge is 0.255 e. The summed E-state index contributed by atoms with van der Waals surface area (Å²) in [6.45, 7) is 3.75. The lowest BCUT2D eigenvalue weighted by atomic mass is 9.55. The average molecular weight is 489 g/mol. The van der Waals surface area contributed by atoms with Crippen molar-refractivity contribution in [3.63, 3.8) is 0 Å². The Bertz CT molecular complexity index is 1240. The van der Waals surface area contributed by atoms with Crippen LogP contribution in [0.4, 0.5) is 0 Å². The van der Waals surface area contributed by atoms with Gasteiger partial charge in [0.25, 0.3) is 5.91 Å². The number of piperidine rings is 1. The van der Waals surface area contributed by atoms with Crippen LogP contribution in [0, 0.1) is 0 Å². The predicted octanol–water partition coefficient (Wildman–Crippen LogP) is -1.61. The highest BCUT2D eigenvalue weighted by Crippen LogP contribution is 2.35. The number of morpholine rings is 1. The number of nitrogens with zero attached hydrogens (tertiary/aromatic N) is 2. The first-order chi connectivity index (χ1) is 17.6. The van der Waals surface area contributed by atoms with E-state index in [2.05, 4.69) is 10.2 Å². The van der Waals surface area contributed by atoms with Crippen molar-refractivity contribution in [2.75, 3.05) is 26.3 Å². The van der Waals surface area contributed by atoms with Crippen molar-refractivity contribution in [3.05, 3.63) is 52.6 Å². The van der Waals surface area contributed by atoms with Crippen LogP contribution in [0.25, 0.3) is 0 Å². The van der Waals surface area contributed by atoms with E-state index in [0.29, 0.717) is 41.8 Å². The molecule has 3 aliphatic heterocycles. The van der Waals surface area contributed by atoms with Gasteiger partial charge in [0.2, 0.25) is 11.8 Å². The number of rotatable bonds is 6. The molecular formula is C25H23B4N3O5. The molecule has 0 aliphatic carbocycles. The topological polar surface area (TPSA) is 88.2 Å². The fraction of sp³-hybridized carbons (Fsp3) is 0.400. The summed E-state index contributed by atoms with van der Waals surface area (Å²) in [6, 6.07) is 7.75. The highest BCUT2D eigenvalue weighted by atomic mass is 16.5. The number of imide groups is 1. The monoisotopic (exact) mass is 489 g/mol. The van der Waals surface area contributed by atoms with Gasteiger partial charge in [0, 0.05) is 42.6 Å². The zero-order chi connectivity index (χ0) is 26.3. The van der Waals surface area contributed by atoms with Crippen LogP contribution in [-0.4, -0.2) is 91.3 Å². The molecule has 2 aromatic carbocycles. The number of nitrogens with one attached hydrogen (secondary N) is 1. The largest absolute Gasteiger partial charge is 0.502 e. The molecule has 1 unspecified atom stereocenters. The lowest BCUT2D eigenvalue weighted by molar-refractivity contribution is -0.136. The van der Waals surface area contributed by atoms with Gasteiger partial charge >= 0.3 is 0 Å². The van der Waals surface area contributed by atoms with Crippen molar-refractivity contribution in [1.82, 2.24) is 15.1 Å². The molecule has 2 fully saturated rings. The average Bonchev–Trinajstić information content (AvgIpc) is 3.16. The van der Waals surface area contributed by atoms with Gasteiger partial charge in [0.15, 0.2) is 0 Å². The molecular weight excluding hydrogens is 466 g/mol. The summed E-state index contributed by atoms with van der Waals surface area (Å²) in [5.41, 5.74) is 2.66. The number of carbonyl (C=O) groups is 3. The standard InChI is InChI=1S/C25H23B4N3O5/c26-17-10-14(12-31-6-8-36-9-7-31)11-18(27)22(17)25(28,29)37-20-3-1-2-15-16(20)13-32(24(15)35)19-4-5-21(33)30-23(19)34/h1-3,10-11,19H,4-9,12-13H2,(H,30,33,34). The molecule has 3 amide bonds. The molecule has 0 bridgehead atoms. The van der Waals surface area contributed by atoms with Crippen LogP contribution in [0.3, 0.4) is 0 Å². The molecule has 0 saturated carbocycles. The maximum Gasteiger partial charge on any atom is 0.255 e. The molecule has 0 aromatic heterocycles. The van der Waals surface area contributed by atoms with Crippen molar-refractivity contribution in [1.29, 1.82) is 0 Å². The van der Waals surface area contributed by atoms with Crippen molar-refractivity contribution in [2.45, 2.75) is 37.4 Å². The summed E-state index contributed by atoms with van der Waals surface area (Å²) >= 11 is 0. The Morgan fingerprint density at radius 1 is 1.08 bits per heavy atom. The molecule has 1 atom stereocenters. The van der Waals surface area contributed by atoms with Crippen LogP contribution in [-0.2, 0) is 32.8 Å². The van der Waals surface area contributed by atoms with E-state index < -0.39 is 17.3 Å². The van der Waals surface area contributed by atoms with Crippen LogP contribution in [0.5, 0.6) is 5.75 Å². The fourth-order valence-electron chi connectivity index (χ4n) is 5.20. The molecule has 180 valence electrons. The zero-order valence-corrected chi connectivity index (χ0v) is 20.4. The summed E-state index contributed by atoms with van der Waals surface area (Å²) in [5.74, 6) is -0.899. The molecule has 2 saturated heterocycles. The first-order valence-corrected chi connectivity index (χ1v) is 12.2. The molecule has 37 heavy (non-hydrogen) atoms. The fourth-order valence-corrected chi connectivity index (χ4v) is 5.20. The molecule has 0 spiro atoms. The number of amides is 3. The zero-order valence-electron chi connectivity index (χ0n) is 20.4. The lowest BCUT2D eigenvalue weighted by Crippen LogP contribution is -2.52. The number of benzene rings is 2. The Labute approximate surface area is 221 Å². The van der Waals surface area contributed by atoms with Gasteiger partial charge in [-0.05, 0) is 29.7 Å². The van der Waals surface area contributed by atoms with Crippen LogP contribution in [0.2, 0.25) is 0 Å². The van der Waals surface area contributed by atoms with E-state index >= 15 is 0 Å². The number of hydrogen-bond acceptors (Lipinski definition) is 6. The van der Waals surface area contributed by atoms with Crippen LogP contribution < -0.4 is 21.0 Å². The van der Waals surface area contributed by atoms with Gasteiger partial charge in [0.1, 0.15) is 43.2 Å². The third-order valence-corrected chi connectivity index (χ3v) is 6.98. The number of carbonyl (C=O) groups excluding carboxylic acids is 3. The van der Waals surface area contributed by atoms with Gasteiger partial charge in [-0.2, -0.15) is 0 Å². The molecule has 12 heteroatoms. The predicted molar refractivity (Wildman–Crippen MR) is 140 cm³/mol. The van der Waals surface area contributed by atoms with E-state index in [9.17, 15) is 14.4 Å². The van der Waals surface area contributed by atoms with Gasteiger partial charge in [-0.25, -0.2) is 0 Å². The minimum Gasteiger partial charge on any atom is -0.502 e. The third kappa shape index (κ3) is 5.09. The normalized spacial score (nSPS) is 20.6.